The van der Waals surface area contributed by atoms with Crippen LogP contribution in [0.2, 0.25) is 0 Å². The quantitative estimate of drug-likeness (QED) is 0.701. The average Bonchev–Trinajstić information content (AvgIpc) is 2.59. The minimum atomic E-state index is 0.674. The molecule has 0 radical (unpaired) electrons. The van der Waals surface area contributed by atoms with Crippen molar-refractivity contribution in [1.29, 1.82) is 0 Å². The lowest BCUT2D eigenvalue weighted by Crippen LogP contribution is -2.25. The van der Waals surface area contributed by atoms with Crippen molar-refractivity contribution in [3.63, 3.8) is 0 Å². The maximum atomic E-state index is 5.50. The minimum Gasteiger partial charge on any atom is -0.497 e. The Morgan fingerprint density at radius 3 is 2.22 bits per heavy atom. The van der Waals surface area contributed by atoms with Crippen LogP contribution >= 0.6 is 0 Å². The summed E-state index contributed by atoms with van der Waals surface area (Å²) in [6, 6.07) is 16.5. The molecule has 124 valence electrons. The summed E-state index contributed by atoms with van der Waals surface area (Å²) in [5.41, 5.74) is 2.41. The maximum Gasteiger partial charge on any atom is 0.123 e. The number of hydrogen-bond donors (Lipinski definition) is 0. The Morgan fingerprint density at radius 2 is 1.61 bits per heavy atom. The zero-order chi connectivity index (χ0) is 16.7. The van der Waals surface area contributed by atoms with Crippen LogP contribution in [0, 0.1) is 5.92 Å². The number of anilines is 1. The Hall–Kier alpha value is -2.16. The molecule has 0 atom stereocenters. The molecule has 2 rings (SSSR count). The molecule has 0 unspecified atom stereocenters. The smallest absolute Gasteiger partial charge is 0.123 e. The predicted octanol–water partition coefficient (Wildman–Crippen LogP) is 4.76. The molecule has 0 amide bonds. The number of rotatable bonds is 8. The summed E-state index contributed by atoms with van der Waals surface area (Å²) in [5.74, 6) is 2.50. The van der Waals surface area contributed by atoms with Gasteiger partial charge < -0.3 is 14.4 Å². The van der Waals surface area contributed by atoms with Crippen molar-refractivity contribution in [2.45, 2.75) is 26.8 Å². The van der Waals surface area contributed by atoms with Gasteiger partial charge in [-0.3, -0.25) is 0 Å². The van der Waals surface area contributed by atoms with E-state index < -0.39 is 0 Å². The molecule has 0 aromatic heterocycles. The Balaban J connectivity index is 2.22. The van der Waals surface area contributed by atoms with Crippen molar-refractivity contribution in [2.75, 3.05) is 25.7 Å². The van der Waals surface area contributed by atoms with Gasteiger partial charge >= 0.3 is 0 Å². The van der Waals surface area contributed by atoms with Crippen LogP contribution in [0.25, 0.3) is 0 Å². The number of benzene rings is 2. The molecule has 2 aromatic carbocycles. The molecule has 2 aromatic rings. The van der Waals surface area contributed by atoms with Crippen molar-refractivity contribution in [3.8, 4) is 11.5 Å². The minimum absolute atomic E-state index is 0.674. The van der Waals surface area contributed by atoms with Gasteiger partial charge in [-0.15, -0.1) is 0 Å². The lowest BCUT2D eigenvalue weighted by molar-refractivity contribution is 0.408. The number of ether oxygens (including phenoxy) is 2. The van der Waals surface area contributed by atoms with Gasteiger partial charge in [0, 0.05) is 24.3 Å². The largest absolute Gasteiger partial charge is 0.497 e. The van der Waals surface area contributed by atoms with Gasteiger partial charge in [-0.05, 0) is 42.7 Å². The van der Waals surface area contributed by atoms with E-state index in [0.717, 1.165) is 31.0 Å². The van der Waals surface area contributed by atoms with Gasteiger partial charge in [0.25, 0.3) is 0 Å². The molecule has 3 nitrogen and oxygen atoms in total. The first-order valence-electron chi connectivity index (χ1n) is 8.15. The first-order chi connectivity index (χ1) is 11.1. The summed E-state index contributed by atoms with van der Waals surface area (Å²) < 4.78 is 10.8. The monoisotopic (exact) mass is 313 g/mol. The third-order valence-corrected chi connectivity index (χ3v) is 3.97. The summed E-state index contributed by atoms with van der Waals surface area (Å²) in [6.45, 7) is 6.37. The first-order valence-corrected chi connectivity index (χ1v) is 8.15. The molecule has 0 aliphatic heterocycles. The van der Waals surface area contributed by atoms with E-state index in [9.17, 15) is 0 Å². The SMILES string of the molecule is COc1ccc(N(CCC(C)C)Cc2ccccc2OC)cc1. The average molecular weight is 313 g/mol. The van der Waals surface area contributed by atoms with Crippen LogP contribution in [0.5, 0.6) is 11.5 Å². The Morgan fingerprint density at radius 1 is 0.913 bits per heavy atom. The highest BCUT2D eigenvalue weighted by Gasteiger charge is 2.11. The van der Waals surface area contributed by atoms with E-state index >= 15 is 0 Å². The fraction of sp³-hybridized carbons (Fsp3) is 0.400. The van der Waals surface area contributed by atoms with E-state index in [1.54, 1.807) is 14.2 Å². The fourth-order valence-corrected chi connectivity index (χ4v) is 2.55. The number of hydrogen-bond acceptors (Lipinski definition) is 3. The highest BCUT2D eigenvalue weighted by molar-refractivity contribution is 5.50. The third-order valence-electron chi connectivity index (χ3n) is 3.97. The molecule has 0 aliphatic carbocycles. The number of nitrogens with zero attached hydrogens (tertiary/aromatic N) is 1. The van der Waals surface area contributed by atoms with Gasteiger partial charge in [-0.1, -0.05) is 32.0 Å². The summed E-state index contributed by atoms with van der Waals surface area (Å²) in [4.78, 5) is 2.40. The van der Waals surface area contributed by atoms with E-state index in [1.807, 2.05) is 24.3 Å². The second-order valence-electron chi connectivity index (χ2n) is 6.11. The van der Waals surface area contributed by atoms with E-state index in [2.05, 4.69) is 43.0 Å². The van der Waals surface area contributed by atoms with Gasteiger partial charge in [0.1, 0.15) is 11.5 Å². The lowest BCUT2D eigenvalue weighted by Gasteiger charge is -2.27. The molecule has 23 heavy (non-hydrogen) atoms. The van der Waals surface area contributed by atoms with E-state index in [1.165, 1.54) is 11.3 Å². The second kappa shape index (κ2) is 8.47. The lowest BCUT2D eigenvalue weighted by atomic mass is 10.1. The standard InChI is InChI=1S/C20H27NO2/c1-16(2)13-14-21(18-9-11-19(22-3)12-10-18)15-17-7-5-6-8-20(17)23-4/h5-12,16H,13-15H2,1-4H3. The van der Waals surface area contributed by atoms with Crippen LogP contribution in [0.3, 0.4) is 0 Å². The summed E-state index contributed by atoms with van der Waals surface area (Å²) in [6.07, 6.45) is 1.15. The second-order valence-corrected chi connectivity index (χ2v) is 6.11. The molecule has 0 fully saturated rings. The normalized spacial score (nSPS) is 10.7. The van der Waals surface area contributed by atoms with E-state index in [4.69, 9.17) is 9.47 Å². The van der Waals surface area contributed by atoms with Gasteiger partial charge in [-0.25, -0.2) is 0 Å². The highest BCUT2D eigenvalue weighted by atomic mass is 16.5. The molecule has 0 spiro atoms. The van der Waals surface area contributed by atoms with Crippen LogP contribution in [0.1, 0.15) is 25.8 Å². The molecule has 3 heteroatoms. The molecule has 0 N–H and O–H groups in total. The third kappa shape index (κ3) is 4.92. The van der Waals surface area contributed by atoms with Crippen molar-refractivity contribution in [2.24, 2.45) is 5.92 Å². The van der Waals surface area contributed by atoms with Crippen LogP contribution in [0.4, 0.5) is 5.69 Å². The molecule has 0 heterocycles. The van der Waals surface area contributed by atoms with Crippen molar-refractivity contribution in [3.05, 3.63) is 54.1 Å². The summed E-state index contributed by atoms with van der Waals surface area (Å²) in [5, 5.41) is 0. The van der Waals surface area contributed by atoms with Gasteiger partial charge in [-0.2, -0.15) is 0 Å². The first kappa shape index (κ1) is 17.2. The zero-order valence-electron chi connectivity index (χ0n) is 14.6. The Bertz CT molecular complexity index is 593. The van der Waals surface area contributed by atoms with Crippen LogP contribution < -0.4 is 14.4 Å². The van der Waals surface area contributed by atoms with E-state index in [0.29, 0.717) is 5.92 Å². The predicted molar refractivity (Wildman–Crippen MR) is 96.5 cm³/mol. The number of para-hydroxylation sites is 1. The molecule has 0 saturated carbocycles. The summed E-state index contributed by atoms with van der Waals surface area (Å²) in [7, 11) is 3.42. The van der Waals surface area contributed by atoms with Gasteiger partial charge in [0.15, 0.2) is 0 Å². The van der Waals surface area contributed by atoms with Gasteiger partial charge in [0.05, 0.1) is 14.2 Å². The van der Waals surface area contributed by atoms with Crippen molar-refractivity contribution < 1.29 is 9.47 Å². The topological polar surface area (TPSA) is 21.7 Å². The highest BCUT2D eigenvalue weighted by Crippen LogP contribution is 2.25. The zero-order valence-corrected chi connectivity index (χ0v) is 14.6. The van der Waals surface area contributed by atoms with Crippen LogP contribution in [0.15, 0.2) is 48.5 Å². The molecular weight excluding hydrogens is 286 g/mol. The van der Waals surface area contributed by atoms with Crippen molar-refractivity contribution in [1.82, 2.24) is 0 Å². The molecule has 0 bridgehead atoms. The van der Waals surface area contributed by atoms with Crippen molar-refractivity contribution >= 4 is 5.69 Å². The number of methoxy groups -OCH3 is 2. The Labute approximate surface area is 139 Å². The Kier molecular flexibility index (Phi) is 6.33. The van der Waals surface area contributed by atoms with Gasteiger partial charge in [0.2, 0.25) is 0 Å². The summed E-state index contributed by atoms with van der Waals surface area (Å²) >= 11 is 0. The molecule has 0 aliphatic rings. The molecular formula is C20H27NO2. The fourth-order valence-electron chi connectivity index (χ4n) is 2.55. The maximum absolute atomic E-state index is 5.50. The van der Waals surface area contributed by atoms with Crippen LogP contribution in [-0.4, -0.2) is 20.8 Å². The molecule has 0 saturated heterocycles. The van der Waals surface area contributed by atoms with Crippen LogP contribution in [-0.2, 0) is 6.54 Å². The van der Waals surface area contributed by atoms with E-state index in [-0.39, 0.29) is 0 Å².